The van der Waals surface area contributed by atoms with E-state index in [-0.39, 0.29) is 6.04 Å². The molecule has 0 aliphatic heterocycles. The van der Waals surface area contributed by atoms with Crippen LogP contribution >= 0.6 is 0 Å². The SMILES string of the molecule is CCCCCCCCCCCC(CC)NC(C)C(O)O. The molecule has 3 nitrogen and oxygen atoms in total. The van der Waals surface area contributed by atoms with Crippen LogP contribution in [0.25, 0.3) is 0 Å². The van der Waals surface area contributed by atoms with Crippen molar-refractivity contribution in [1.82, 2.24) is 5.32 Å². The first-order chi connectivity index (χ1) is 9.61. The topological polar surface area (TPSA) is 52.5 Å². The molecule has 0 heterocycles. The highest BCUT2D eigenvalue weighted by molar-refractivity contribution is 4.71. The van der Waals surface area contributed by atoms with E-state index in [9.17, 15) is 0 Å². The van der Waals surface area contributed by atoms with Crippen LogP contribution in [0.4, 0.5) is 0 Å². The molecule has 0 rings (SSSR count). The normalized spacial score (nSPS) is 14.7. The van der Waals surface area contributed by atoms with E-state index >= 15 is 0 Å². The first-order valence-electron chi connectivity index (χ1n) is 8.74. The van der Waals surface area contributed by atoms with Gasteiger partial charge in [0.15, 0.2) is 6.29 Å². The molecule has 3 heteroatoms. The summed E-state index contributed by atoms with van der Waals surface area (Å²) in [6.45, 7) is 6.24. The standard InChI is InChI=1S/C17H37NO2/c1-4-6-7-8-9-10-11-12-13-14-16(5-2)18-15(3)17(19)20/h15-20H,4-14H2,1-3H3. The lowest BCUT2D eigenvalue weighted by Crippen LogP contribution is -2.43. The molecule has 20 heavy (non-hydrogen) atoms. The predicted molar refractivity (Wildman–Crippen MR) is 86.7 cm³/mol. The Hall–Kier alpha value is -0.120. The van der Waals surface area contributed by atoms with Crippen molar-refractivity contribution in [1.29, 1.82) is 0 Å². The summed E-state index contributed by atoms with van der Waals surface area (Å²) in [6.07, 6.45) is 13.1. The molecule has 0 saturated carbocycles. The summed E-state index contributed by atoms with van der Waals surface area (Å²) in [4.78, 5) is 0. The summed E-state index contributed by atoms with van der Waals surface area (Å²) in [6, 6.07) is 0.176. The minimum absolute atomic E-state index is 0.237. The van der Waals surface area contributed by atoms with Crippen molar-refractivity contribution in [2.24, 2.45) is 0 Å². The van der Waals surface area contributed by atoms with Crippen LogP contribution < -0.4 is 5.32 Å². The number of nitrogens with one attached hydrogen (secondary N) is 1. The Bertz CT molecular complexity index is 197. The van der Waals surface area contributed by atoms with Crippen molar-refractivity contribution in [3.63, 3.8) is 0 Å². The first-order valence-corrected chi connectivity index (χ1v) is 8.74. The highest BCUT2D eigenvalue weighted by atomic mass is 16.5. The van der Waals surface area contributed by atoms with Crippen LogP contribution in [0.5, 0.6) is 0 Å². The maximum absolute atomic E-state index is 9.09. The second-order valence-electron chi connectivity index (χ2n) is 6.09. The summed E-state index contributed by atoms with van der Waals surface area (Å²) in [5.74, 6) is 0. The number of aliphatic hydroxyl groups is 2. The van der Waals surface area contributed by atoms with Gasteiger partial charge in [-0.15, -0.1) is 0 Å². The van der Waals surface area contributed by atoms with E-state index in [1.54, 1.807) is 0 Å². The van der Waals surface area contributed by atoms with Crippen LogP contribution in [-0.2, 0) is 0 Å². The Kier molecular flexibility index (Phi) is 13.8. The minimum Gasteiger partial charge on any atom is -0.367 e. The second-order valence-corrected chi connectivity index (χ2v) is 6.09. The Morgan fingerprint density at radius 2 is 1.30 bits per heavy atom. The van der Waals surface area contributed by atoms with Gasteiger partial charge < -0.3 is 15.5 Å². The van der Waals surface area contributed by atoms with Gasteiger partial charge in [0.05, 0.1) is 6.04 Å². The number of unbranched alkanes of at least 4 members (excludes halogenated alkanes) is 8. The fraction of sp³-hybridized carbons (Fsp3) is 1.00. The molecule has 0 fully saturated rings. The lowest BCUT2D eigenvalue weighted by atomic mass is 10.0. The molecule has 3 N–H and O–H groups in total. The average molecular weight is 287 g/mol. The van der Waals surface area contributed by atoms with Crippen LogP contribution in [0, 0.1) is 0 Å². The van der Waals surface area contributed by atoms with E-state index in [1.807, 2.05) is 6.92 Å². The predicted octanol–water partition coefficient (Wildman–Crippen LogP) is 3.97. The number of rotatable bonds is 14. The zero-order valence-electron chi connectivity index (χ0n) is 13.9. The van der Waals surface area contributed by atoms with Crippen molar-refractivity contribution in [3.05, 3.63) is 0 Å². The fourth-order valence-corrected chi connectivity index (χ4v) is 2.56. The molecule has 2 atom stereocenters. The zero-order chi connectivity index (χ0) is 15.2. The smallest absolute Gasteiger partial charge is 0.166 e. The molecule has 0 aromatic heterocycles. The van der Waals surface area contributed by atoms with Gasteiger partial charge >= 0.3 is 0 Å². The largest absolute Gasteiger partial charge is 0.367 e. The van der Waals surface area contributed by atoms with E-state index in [0.29, 0.717) is 6.04 Å². The monoisotopic (exact) mass is 287 g/mol. The lowest BCUT2D eigenvalue weighted by Gasteiger charge is -2.23. The highest BCUT2D eigenvalue weighted by Gasteiger charge is 2.14. The fourth-order valence-electron chi connectivity index (χ4n) is 2.56. The molecule has 2 unspecified atom stereocenters. The van der Waals surface area contributed by atoms with Gasteiger partial charge in [0.25, 0.3) is 0 Å². The molecule has 0 bridgehead atoms. The van der Waals surface area contributed by atoms with Gasteiger partial charge in [-0.25, -0.2) is 0 Å². The van der Waals surface area contributed by atoms with Crippen molar-refractivity contribution in [2.45, 2.75) is 110 Å². The summed E-state index contributed by atoms with van der Waals surface area (Å²) >= 11 is 0. The van der Waals surface area contributed by atoms with E-state index in [1.165, 1.54) is 57.8 Å². The first kappa shape index (κ1) is 19.9. The van der Waals surface area contributed by atoms with Crippen LogP contribution in [0.1, 0.15) is 91.4 Å². The molecule has 0 aromatic rings. The van der Waals surface area contributed by atoms with Gasteiger partial charge in [-0.1, -0.05) is 71.6 Å². The molecule has 0 amide bonds. The summed E-state index contributed by atoms with van der Waals surface area (Å²) in [7, 11) is 0. The molecule has 0 spiro atoms. The maximum atomic E-state index is 9.09. The van der Waals surface area contributed by atoms with Gasteiger partial charge in [-0.05, 0) is 19.8 Å². The number of hydrogen-bond donors (Lipinski definition) is 3. The van der Waals surface area contributed by atoms with Crippen LogP contribution in [0.15, 0.2) is 0 Å². The van der Waals surface area contributed by atoms with Gasteiger partial charge in [-0.3, -0.25) is 0 Å². The third kappa shape index (κ3) is 11.7. The van der Waals surface area contributed by atoms with Crippen LogP contribution in [-0.4, -0.2) is 28.6 Å². The molecular weight excluding hydrogens is 250 g/mol. The lowest BCUT2D eigenvalue weighted by molar-refractivity contribution is -0.0650. The maximum Gasteiger partial charge on any atom is 0.166 e. The van der Waals surface area contributed by atoms with Gasteiger partial charge in [0.2, 0.25) is 0 Å². The van der Waals surface area contributed by atoms with E-state index in [0.717, 1.165) is 12.8 Å². The van der Waals surface area contributed by atoms with Crippen molar-refractivity contribution < 1.29 is 10.2 Å². The Balaban J connectivity index is 3.42. The van der Waals surface area contributed by atoms with Crippen molar-refractivity contribution in [3.8, 4) is 0 Å². The van der Waals surface area contributed by atoms with Crippen LogP contribution in [0.3, 0.4) is 0 Å². The number of hydrogen-bond acceptors (Lipinski definition) is 3. The van der Waals surface area contributed by atoms with E-state index in [4.69, 9.17) is 10.2 Å². The third-order valence-electron chi connectivity index (χ3n) is 4.09. The van der Waals surface area contributed by atoms with E-state index in [2.05, 4.69) is 19.2 Å². The summed E-state index contributed by atoms with van der Waals surface area (Å²) in [5.41, 5.74) is 0. The van der Waals surface area contributed by atoms with Crippen LogP contribution in [0.2, 0.25) is 0 Å². The molecule has 122 valence electrons. The average Bonchev–Trinajstić information content (AvgIpc) is 2.43. The third-order valence-corrected chi connectivity index (χ3v) is 4.09. The molecule has 0 aliphatic rings. The van der Waals surface area contributed by atoms with E-state index < -0.39 is 6.29 Å². The van der Waals surface area contributed by atoms with Crippen molar-refractivity contribution in [2.75, 3.05) is 0 Å². The quantitative estimate of drug-likeness (QED) is 0.335. The Morgan fingerprint density at radius 1 is 0.800 bits per heavy atom. The second kappa shape index (κ2) is 13.8. The molecule has 0 aliphatic carbocycles. The summed E-state index contributed by atoms with van der Waals surface area (Å²) < 4.78 is 0. The molecule has 0 saturated heterocycles. The molecular formula is C17H37NO2. The minimum atomic E-state index is -1.26. The molecule has 0 aromatic carbocycles. The van der Waals surface area contributed by atoms with Crippen molar-refractivity contribution >= 4 is 0 Å². The number of aliphatic hydroxyl groups excluding tert-OH is 1. The Morgan fingerprint density at radius 3 is 1.75 bits per heavy atom. The highest BCUT2D eigenvalue weighted by Crippen LogP contribution is 2.12. The van der Waals surface area contributed by atoms with Gasteiger partial charge in [0, 0.05) is 6.04 Å². The summed E-state index contributed by atoms with van der Waals surface area (Å²) in [5, 5.41) is 21.5. The Labute approximate surface area is 126 Å². The molecule has 0 radical (unpaired) electrons. The van der Waals surface area contributed by atoms with Gasteiger partial charge in [0.1, 0.15) is 0 Å². The zero-order valence-corrected chi connectivity index (χ0v) is 13.9. The van der Waals surface area contributed by atoms with Gasteiger partial charge in [-0.2, -0.15) is 0 Å².